The lowest BCUT2D eigenvalue weighted by Gasteiger charge is -2.30. The quantitative estimate of drug-likeness (QED) is 0.853. The van der Waals surface area contributed by atoms with Gasteiger partial charge in [0.2, 0.25) is 10.0 Å². The third-order valence-corrected chi connectivity index (χ3v) is 5.83. The molecule has 0 aliphatic carbocycles. The van der Waals surface area contributed by atoms with Gasteiger partial charge in [-0.15, -0.1) is 0 Å². The van der Waals surface area contributed by atoms with E-state index in [4.69, 9.17) is 16.9 Å². The summed E-state index contributed by atoms with van der Waals surface area (Å²) in [5.74, 6) is -0.241. The highest BCUT2D eigenvalue weighted by Crippen LogP contribution is 2.27. The zero-order valence-electron chi connectivity index (χ0n) is 11.5. The molecule has 0 radical (unpaired) electrons. The summed E-state index contributed by atoms with van der Waals surface area (Å²) in [5.41, 5.74) is 0.232. The van der Waals surface area contributed by atoms with E-state index in [-0.39, 0.29) is 33.7 Å². The molecule has 2 rings (SSSR count). The van der Waals surface area contributed by atoms with Crippen LogP contribution < -0.4 is 0 Å². The first-order valence-electron chi connectivity index (χ1n) is 6.56. The zero-order valence-corrected chi connectivity index (χ0v) is 13.1. The van der Waals surface area contributed by atoms with E-state index in [2.05, 4.69) is 0 Å². The molecule has 1 unspecified atom stereocenters. The Hall–Kier alpha value is -1.42. The Morgan fingerprint density at radius 1 is 1.48 bits per heavy atom. The number of rotatable bonds is 3. The van der Waals surface area contributed by atoms with E-state index in [0.717, 1.165) is 6.42 Å². The standard InChI is InChI=1S/C14H15ClN2O3S/c1-10(18)12-3-2-6-17(9-12)21(19,20)13-5-4-11(8-16)14(15)7-13/h4-5,7,12H,2-3,6,9H2,1H3. The van der Waals surface area contributed by atoms with Crippen LogP contribution in [0.4, 0.5) is 0 Å². The van der Waals surface area contributed by atoms with Gasteiger partial charge < -0.3 is 0 Å². The topological polar surface area (TPSA) is 78.2 Å². The molecule has 5 nitrogen and oxygen atoms in total. The number of hydrogen-bond donors (Lipinski definition) is 0. The number of nitrogens with zero attached hydrogens (tertiary/aromatic N) is 2. The summed E-state index contributed by atoms with van der Waals surface area (Å²) in [5, 5.41) is 8.93. The second kappa shape index (κ2) is 6.14. The second-order valence-corrected chi connectivity index (χ2v) is 7.41. The van der Waals surface area contributed by atoms with Crippen LogP contribution >= 0.6 is 11.6 Å². The SMILES string of the molecule is CC(=O)C1CCCN(S(=O)(=O)c2ccc(C#N)c(Cl)c2)C1. The van der Waals surface area contributed by atoms with Crippen molar-refractivity contribution >= 4 is 27.4 Å². The molecular weight excluding hydrogens is 312 g/mol. The fraction of sp³-hybridized carbons (Fsp3) is 0.429. The van der Waals surface area contributed by atoms with Gasteiger partial charge in [-0.25, -0.2) is 8.42 Å². The summed E-state index contributed by atoms with van der Waals surface area (Å²) < 4.78 is 26.5. The monoisotopic (exact) mass is 326 g/mol. The molecule has 1 atom stereocenters. The number of nitriles is 1. The summed E-state index contributed by atoms with van der Waals surface area (Å²) in [6.45, 7) is 2.08. The van der Waals surface area contributed by atoms with Gasteiger partial charge in [0.1, 0.15) is 11.9 Å². The van der Waals surface area contributed by atoms with E-state index < -0.39 is 10.0 Å². The summed E-state index contributed by atoms with van der Waals surface area (Å²) in [6, 6.07) is 5.94. The number of benzene rings is 1. The molecule has 1 aromatic rings. The summed E-state index contributed by atoms with van der Waals surface area (Å²) in [6.07, 6.45) is 1.38. The van der Waals surface area contributed by atoms with Crippen molar-refractivity contribution in [3.63, 3.8) is 0 Å². The first-order valence-corrected chi connectivity index (χ1v) is 8.38. The molecule has 1 saturated heterocycles. The Bertz CT molecular complexity index is 709. The average Bonchev–Trinajstić information content (AvgIpc) is 2.47. The van der Waals surface area contributed by atoms with Gasteiger partial charge in [-0.1, -0.05) is 11.6 Å². The highest BCUT2D eigenvalue weighted by molar-refractivity contribution is 7.89. The molecule has 0 saturated carbocycles. The molecule has 0 N–H and O–H groups in total. The highest BCUT2D eigenvalue weighted by atomic mass is 35.5. The van der Waals surface area contributed by atoms with Crippen LogP contribution in [0.1, 0.15) is 25.3 Å². The number of carbonyl (C=O) groups is 1. The third-order valence-electron chi connectivity index (χ3n) is 3.66. The molecule has 1 fully saturated rings. The van der Waals surface area contributed by atoms with E-state index >= 15 is 0 Å². The van der Waals surface area contributed by atoms with E-state index in [9.17, 15) is 13.2 Å². The van der Waals surface area contributed by atoms with Crippen LogP contribution in [0.5, 0.6) is 0 Å². The van der Waals surface area contributed by atoms with Crippen molar-refractivity contribution in [3.05, 3.63) is 28.8 Å². The second-order valence-electron chi connectivity index (χ2n) is 5.07. The Labute approximate surface area is 129 Å². The molecule has 0 aromatic heterocycles. The molecule has 0 amide bonds. The Morgan fingerprint density at radius 3 is 2.76 bits per heavy atom. The smallest absolute Gasteiger partial charge is 0.243 e. The number of sulfonamides is 1. The van der Waals surface area contributed by atoms with Crippen molar-refractivity contribution in [1.29, 1.82) is 5.26 Å². The van der Waals surface area contributed by atoms with Gasteiger partial charge in [0.05, 0.1) is 15.5 Å². The summed E-state index contributed by atoms with van der Waals surface area (Å²) >= 11 is 5.89. The number of piperidine rings is 1. The summed E-state index contributed by atoms with van der Waals surface area (Å²) in [7, 11) is -3.69. The lowest BCUT2D eigenvalue weighted by molar-refractivity contribution is -0.121. The van der Waals surface area contributed by atoms with E-state index in [1.807, 2.05) is 6.07 Å². The minimum Gasteiger partial charge on any atom is -0.300 e. The third kappa shape index (κ3) is 3.26. The predicted octanol–water partition coefficient (Wildman–Crippen LogP) is 2.20. The maximum absolute atomic E-state index is 12.6. The van der Waals surface area contributed by atoms with Crippen molar-refractivity contribution < 1.29 is 13.2 Å². The van der Waals surface area contributed by atoms with Crippen LogP contribution in [0.15, 0.2) is 23.1 Å². The van der Waals surface area contributed by atoms with Crippen molar-refractivity contribution in [2.24, 2.45) is 5.92 Å². The van der Waals surface area contributed by atoms with E-state index in [0.29, 0.717) is 13.0 Å². The van der Waals surface area contributed by atoms with Gasteiger partial charge in [0, 0.05) is 19.0 Å². The maximum atomic E-state index is 12.6. The van der Waals surface area contributed by atoms with Crippen molar-refractivity contribution in [2.75, 3.05) is 13.1 Å². The Morgan fingerprint density at radius 2 is 2.19 bits per heavy atom. The molecule has 0 bridgehead atoms. The Balaban J connectivity index is 2.32. The normalized spacial score (nSPS) is 20.0. The van der Waals surface area contributed by atoms with Gasteiger partial charge in [0.25, 0.3) is 0 Å². The zero-order chi connectivity index (χ0) is 15.6. The number of halogens is 1. The molecule has 112 valence electrons. The van der Waals surface area contributed by atoms with Gasteiger partial charge in [-0.3, -0.25) is 4.79 Å². The number of carbonyl (C=O) groups excluding carboxylic acids is 1. The van der Waals surface area contributed by atoms with Crippen LogP contribution in [0.2, 0.25) is 5.02 Å². The lowest BCUT2D eigenvalue weighted by Crippen LogP contribution is -2.41. The number of ketones is 1. The first-order chi connectivity index (χ1) is 9.86. The molecular formula is C14H15ClN2O3S. The van der Waals surface area contributed by atoms with Crippen molar-refractivity contribution in [3.8, 4) is 6.07 Å². The van der Waals surface area contributed by atoms with E-state index in [1.165, 1.54) is 29.4 Å². The minimum atomic E-state index is -3.69. The molecule has 7 heteroatoms. The Kier molecular flexibility index (Phi) is 4.67. The van der Waals surface area contributed by atoms with Crippen LogP contribution in [0.25, 0.3) is 0 Å². The van der Waals surface area contributed by atoms with Gasteiger partial charge in [-0.2, -0.15) is 9.57 Å². The maximum Gasteiger partial charge on any atom is 0.243 e. The summed E-state index contributed by atoms with van der Waals surface area (Å²) in [4.78, 5) is 11.5. The van der Waals surface area contributed by atoms with Gasteiger partial charge >= 0.3 is 0 Å². The molecule has 0 spiro atoms. The molecule has 21 heavy (non-hydrogen) atoms. The van der Waals surface area contributed by atoms with Crippen LogP contribution in [0, 0.1) is 17.2 Å². The van der Waals surface area contributed by atoms with Gasteiger partial charge in [-0.05, 0) is 38.0 Å². The molecule has 1 aromatic carbocycles. The molecule has 1 aliphatic rings. The lowest BCUT2D eigenvalue weighted by atomic mass is 9.96. The first kappa shape index (κ1) is 16.0. The van der Waals surface area contributed by atoms with Crippen LogP contribution in [0.3, 0.4) is 0 Å². The average molecular weight is 327 g/mol. The number of Topliss-reactive ketones (excluding diaryl/α,β-unsaturated/α-hetero) is 1. The van der Waals surface area contributed by atoms with Crippen molar-refractivity contribution in [1.82, 2.24) is 4.31 Å². The number of hydrogen-bond acceptors (Lipinski definition) is 4. The predicted molar refractivity (Wildman–Crippen MR) is 78.3 cm³/mol. The highest BCUT2D eigenvalue weighted by Gasteiger charge is 2.32. The van der Waals surface area contributed by atoms with Crippen LogP contribution in [-0.2, 0) is 14.8 Å². The van der Waals surface area contributed by atoms with Crippen molar-refractivity contribution in [2.45, 2.75) is 24.7 Å². The fourth-order valence-corrected chi connectivity index (χ4v) is 4.23. The van der Waals surface area contributed by atoms with E-state index in [1.54, 1.807) is 0 Å². The van der Waals surface area contributed by atoms with Gasteiger partial charge in [0.15, 0.2) is 0 Å². The van der Waals surface area contributed by atoms with Crippen LogP contribution in [-0.4, -0.2) is 31.6 Å². The molecule has 1 aliphatic heterocycles. The largest absolute Gasteiger partial charge is 0.300 e. The minimum absolute atomic E-state index is 0.00719. The molecule has 1 heterocycles. The fourth-order valence-electron chi connectivity index (χ4n) is 2.39.